The molecule has 1 aromatic carbocycles. The Morgan fingerprint density at radius 1 is 1.05 bits per heavy atom. The molecule has 2 aromatic rings. The average molecular weight is 284 g/mol. The van der Waals surface area contributed by atoms with E-state index in [1.54, 1.807) is 12.1 Å². The molecule has 21 heavy (non-hydrogen) atoms. The summed E-state index contributed by atoms with van der Waals surface area (Å²) in [6.45, 7) is 7.76. The number of aromatic nitrogens is 2. The highest BCUT2D eigenvalue weighted by Gasteiger charge is 2.08. The Bertz CT molecular complexity index is 635. The Morgan fingerprint density at radius 3 is 2.29 bits per heavy atom. The van der Waals surface area contributed by atoms with Crippen LogP contribution < -0.4 is 10.6 Å². The predicted molar refractivity (Wildman–Crippen MR) is 84.7 cm³/mol. The third-order valence-corrected chi connectivity index (χ3v) is 3.08. The SMILES string of the molecule is Cc1ccc(Nc2ccc(NC(=O)C(C)C)nn2)c(C)c1. The maximum atomic E-state index is 11.6. The van der Waals surface area contributed by atoms with Crippen LogP contribution in [0, 0.1) is 19.8 Å². The van der Waals surface area contributed by atoms with E-state index in [9.17, 15) is 4.79 Å². The van der Waals surface area contributed by atoms with Gasteiger partial charge in [0.25, 0.3) is 0 Å². The second-order valence-corrected chi connectivity index (χ2v) is 5.39. The number of nitrogens with zero attached hydrogens (tertiary/aromatic N) is 2. The van der Waals surface area contributed by atoms with Crippen LogP contribution >= 0.6 is 0 Å². The fourth-order valence-electron chi connectivity index (χ4n) is 1.83. The van der Waals surface area contributed by atoms with Crippen LogP contribution in [0.4, 0.5) is 17.3 Å². The molecule has 0 spiro atoms. The van der Waals surface area contributed by atoms with E-state index in [0.717, 1.165) is 11.3 Å². The number of aryl methyl sites for hydroxylation is 2. The summed E-state index contributed by atoms with van der Waals surface area (Å²) in [7, 11) is 0. The monoisotopic (exact) mass is 284 g/mol. The van der Waals surface area contributed by atoms with Crippen molar-refractivity contribution >= 4 is 23.2 Å². The van der Waals surface area contributed by atoms with Gasteiger partial charge in [0.2, 0.25) is 5.91 Å². The van der Waals surface area contributed by atoms with Crippen LogP contribution in [0.2, 0.25) is 0 Å². The molecule has 0 aliphatic heterocycles. The van der Waals surface area contributed by atoms with Crippen LogP contribution in [-0.4, -0.2) is 16.1 Å². The Kier molecular flexibility index (Phi) is 4.52. The molecule has 0 bridgehead atoms. The Balaban J connectivity index is 2.07. The minimum atomic E-state index is -0.0835. The molecule has 0 aliphatic rings. The number of benzene rings is 1. The molecule has 5 heteroatoms. The molecule has 0 fully saturated rings. The van der Waals surface area contributed by atoms with Crippen LogP contribution in [-0.2, 0) is 4.79 Å². The zero-order valence-electron chi connectivity index (χ0n) is 12.8. The highest BCUT2D eigenvalue weighted by Crippen LogP contribution is 2.20. The molecule has 0 saturated heterocycles. The van der Waals surface area contributed by atoms with Crippen molar-refractivity contribution < 1.29 is 4.79 Å². The van der Waals surface area contributed by atoms with Crippen LogP contribution in [0.1, 0.15) is 25.0 Å². The summed E-state index contributed by atoms with van der Waals surface area (Å²) >= 11 is 0. The zero-order chi connectivity index (χ0) is 15.4. The number of amides is 1. The van der Waals surface area contributed by atoms with E-state index in [2.05, 4.69) is 33.8 Å². The van der Waals surface area contributed by atoms with E-state index in [4.69, 9.17) is 0 Å². The van der Waals surface area contributed by atoms with E-state index in [-0.39, 0.29) is 11.8 Å². The molecule has 0 saturated carbocycles. The molecule has 1 heterocycles. The second kappa shape index (κ2) is 6.35. The smallest absolute Gasteiger partial charge is 0.228 e. The summed E-state index contributed by atoms with van der Waals surface area (Å²) in [5.74, 6) is 0.948. The summed E-state index contributed by atoms with van der Waals surface area (Å²) in [5, 5.41) is 14.0. The lowest BCUT2D eigenvalue weighted by Gasteiger charge is -2.10. The van der Waals surface area contributed by atoms with E-state index >= 15 is 0 Å². The lowest BCUT2D eigenvalue weighted by Crippen LogP contribution is -2.18. The van der Waals surface area contributed by atoms with E-state index in [1.165, 1.54) is 5.56 Å². The minimum Gasteiger partial charge on any atom is -0.339 e. The fraction of sp³-hybridized carbons (Fsp3) is 0.312. The topological polar surface area (TPSA) is 66.9 Å². The lowest BCUT2D eigenvalue weighted by atomic mass is 10.1. The summed E-state index contributed by atoms with van der Waals surface area (Å²) in [5.41, 5.74) is 3.36. The predicted octanol–water partition coefficient (Wildman–Crippen LogP) is 3.43. The van der Waals surface area contributed by atoms with Gasteiger partial charge in [-0.2, -0.15) is 0 Å². The quantitative estimate of drug-likeness (QED) is 0.902. The Hall–Kier alpha value is -2.43. The van der Waals surface area contributed by atoms with Gasteiger partial charge < -0.3 is 10.6 Å². The second-order valence-electron chi connectivity index (χ2n) is 5.39. The van der Waals surface area contributed by atoms with E-state index in [0.29, 0.717) is 11.6 Å². The summed E-state index contributed by atoms with van der Waals surface area (Å²) in [4.78, 5) is 11.6. The average Bonchev–Trinajstić information content (AvgIpc) is 2.43. The van der Waals surface area contributed by atoms with Crippen molar-refractivity contribution in [2.45, 2.75) is 27.7 Å². The molecular weight excluding hydrogens is 264 g/mol. The maximum absolute atomic E-state index is 11.6. The van der Waals surface area contributed by atoms with Crippen molar-refractivity contribution in [2.24, 2.45) is 5.92 Å². The van der Waals surface area contributed by atoms with Crippen LogP contribution in [0.5, 0.6) is 0 Å². The largest absolute Gasteiger partial charge is 0.339 e. The van der Waals surface area contributed by atoms with Gasteiger partial charge in [0.05, 0.1) is 0 Å². The van der Waals surface area contributed by atoms with Gasteiger partial charge in [0, 0.05) is 11.6 Å². The lowest BCUT2D eigenvalue weighted by molar-refractivity contribution is -0.118. The standard InChI is InChI=1S/C16H20N4O/c1-10(2)16(21)18-15-8-7-14(19-20-15)17-13-6-5-11(3)9-12(13)4/h5-10H,1-4H3,(H,17,19)(H,18,20,21). The first-order chi connectivity index (χ1) is 9.95. The van der Waals surface area contributed by atoms with Crippen LogP contribution in [0.25, 0.3) is 0 Å². The number of hydrogen-bond donors (Lipinski definition) is 2. The first kappa shape index (κ1) is 15.0. The normalized spacial score (nSPS) is 10.5. The maximum Gasteiger partial charge on any atom is 0.228 e. The van der Waals surface area contributed by atoms with Gasteiger partial charge in [-0.1, -0.05) is 31.5 Å². The molecule has 2 N–H and O–H groups in total. The number of carbonyl (C=O) groups excluding carboxylic acids is 1. The number of hydrogen-bond acceptors (Lipinski definition) is 4. The summed E-state index contributed by atoms with van der Waals surface area (Å²) in [6.07, 6.45) is 0. The number of anilines is 3. The summed E-state index contributed by atoms with van der Waals surface area (Å²) < 4.78 is 0. The van der Waals surface area contributed by atoms with Gasteiger partial charge in [-0.05, 0) is 37.6 Å². The van der Waals surface area contributed by atoms with Crippen molar-refractivity contribution in [1.29, 1.82) is 0 Å². The number of rotatable bonds is 4. The van der Waals surface area contributed by atoms with E-state index in [1.807, 2.05) is 32.9 Å². The molecule has 1 aromatic heterocycles. The van der Waals surface area contributed by atoms with Crippen molar-refractivity contribution in [3.05, 3.63) is 41.5 Å². The first-order valence-corrected chi connectivity index (χ1v) is 6.94. The van der Waals surface area contributed by atoms with E-state index < -0.39 is 0 Å². The third kappa shape index (κ3) is 4.02. The number of carbonyl (C=O) groups is 1. The molecule has 1 amide bonds. The van der Waals surface area contributed by atoms with Crippen LogP contribution in [0.3, 0.4) is 0 Å². The van der Waals surface area contributed by atoms with Crippen LogP contribution in [0.15, 0.2) is 30.3 Å². The van der Waals surface area contributed by atoms with Crippen molar-refractivity contribution in [3.63, 3.8) is 0 Å². The molecule has 110 valence electrons. The van der Waals surface area contributed by atoms with Crippen molar-refractivity contribution in [1.82, 2.24) is 10.2 Å². The van der Waals surface area contributed by atoms with Gasteiger partial charge in [-0.25, -0.2) is 0 Å². The summed E-state index contributed by atoms with van der Waals surface area (Å²) in [6, 6.07) is 9.69. The first-order valence-electron chi connectivity index (χ1n) is 6.94. The molecule has 5 nitrogen and oxygen atoms in total. The molecular formula is C16H20N4O. The molecule has 0 aliphatic carbocycles. The van der Waals surface area contributed by atoms with Gasteiger partial charge in [-0.3, -0.25) is 4.79 Å². The van der Waals surface area contributed by atoms with Crippen molar-refractivity contribution in [2.75, 3.05) is 10.6 Å². The highest BCUT2D eigenvalue weighted by atomic mass is 16.1. The minimum absolute atomic E-state index is 0.0700. The number of nitrogens with one attached hydrogen (secondary N) is 2. The molecule has 0 radical (unpaired) electrons. The van der Waals surface area contributed by atoms with Crippen molar-refractivity contribution in [3.8, 4) is 0 Å². The molecule has 0 unspecified atom stereocenters. The molecule has 0 atom stereocenters. The zero-order valence-corrected chi connectivity index (χ0v) is 12.8. The van der Waals surface area contributed by atoms with Gasteiger partial charge in [0.1, 0.15) is 0 Å². The Morgan fingerprint density at radius 2 is 1.71 bits per heavy atom. The van der Waals surface area contributed by atoms with Gasteiger partial charge in [-0.15, -0.1) is 10.2 Å². The third-order valence-electron chi connectivity index (χ3n) is 3.08. The highest BCUT2D eigenvalue weighted by molar-refractivity contribution is 5.91. The Labute approximate surface area is 124 Å². The molecule has 2 rings (SSSR count). The van der Waals surface area contributed by atoms with Gasteiger partial charge >= 0.3 is 0 Å². The van der Waals surface area contributed by atoms with Gasteiger partial charge in [0.15, 0.2) is 11.6 Å². The fourth-order valence-corrected chi connectivity index (χ4v) is 1.83.